The topological polar surface area (TPSA) is 124 Å². The van der Waals surface area contributed by atoms with Crippen LogP contribution < -0.4 is 5.32 Å². The predicted molar refractivity (Wildman–Crippen MR) is 222 cm³/mol. The molecule has 52 heavy (non-hydrogen) atoms. The molecule has 0 heterocycles. The first-order chi connectivity index (χ1) is 25.2. The molecule has 3 unspecified atom stereocenters. The number of allylic oxidation sites excluding steroid dienone is 1. The molecular formula is C44H87NO6S. The summed E-state index contributed by atoms with van der Waals surface area (Å²) >= 11 is 0. The summed E-state index contributed by atoms with van der Waals surface area (Å²) in [5.41, 5.74) is 0. The van der Waals surface area contributed by atoms with Crippen molar-refractivity contribution in [2.24, 2.45) is 0 Å². The Hall–Kier alpha value is -0.960. The molecule has 0 aliphatic heterocycles. The van der Waals surface area contributed by atoms with Crippen molar-refractivity contribution in [1.82, 2.24) is 5.32 Å². The lowest BCUT2D eigenvalue weighted by Gasteiger charge is -2.22. The number of carbonyl (C=O) groups excluding carboxylic acids is 1. The first-order valence-electron chi connectivity index (χ1n) is 22.5. The monoisotopic (exact) mass is 758 g/mol. The molecule has 0 bridgehead atoms. The smallest absolute Gasteiger partial charge is 0.267 e. The summed E-state index contributed by atoms with van der Waals surface area (Å²) in [6.07, 6.45) is 44.1. The van der Waals surface area contributed by atoms with Crippen LogP contribution in [0.25, 0.3) is 0 Å². The van der Waals surface area contributed by atoms with Crippen LogP contribution in [0.3, 0.4) is 0 Å². The summed E-state index contributed by atoms with van der Waals surface area (Å²) in [6, 6.07) is -1.23. The van der Waals surface area contributed by atoms with Crippen molar-refractivity contribution in [1.29, 1.82) is 0 Å². The lowest BCUT2D eigenvalue weighted by atomic mass is 10.0. The third-order valence-corrected chi connectivity index (χ3v) is 11.4. The number of aliphatic hydroxyl groups is 2. The Morgan fingerprint density at radius 2 is 0.827 bits per heavy atom. The zero-order valence-corrected chi connectivity index (χ0v) is 35.1. The summed E-state index contributed by atoms with van der Waals surface area (Å²) in [7, 11) is -4.44. The van der Waals surface area contributed by atoms with Crippen molar-refractivity contribution in [3.05, 3.63) is 12.2 Å². The van der Waals surface area contributed by atoms with E-state index in [1.54, 1.807) is 6.08 Å². The van der Waals surface area contributed by atoms with Crippen LogP contribution in [0.1, 0.15) is 239 Å². The molecule has 0 rings (SSSR count). The fraction of sp³-hybridized carbons (Fsp3) is 0.932. The summed E-state index contributed by atoms with van der Waals surface area (Å²) in [6.45, 7) is 4.52. The van der Waals surface area contributed by atoms with E-state index in [4.69, 9.17) is 0 Å². The summed E-state index contributed by atoms with van der Waals surface area (Å²) in [5.74, 6) is -1.52. The SMILES string of the molecule is CCCCCCCCCCCCCC/C=C/C(O)C(CS(=O)(=O)O)NC(=O)C(O)CCCCCCCCCCCCCCCCCCCCCCC. The Balaban J connectivity index is 3.91. The van der Waals surface area contributed by atoms with Gasteiger partial charge in [0, 0.05) is 0 Å². The van der Waals surface area contributed by atoms with Gasteiger partial charge in [-0.05, 0) is 19.3 Å². The van der Waals surface area contributed by atoms with E-state index in [-0.39, 0.29) is 6.42 Å². The van der Waals surface area contributed by atoms with Gasteiger partial charge in [0.2, 0.25) is 5.91 Å². The summed E-state index contributed by atoms with van der Waals surface area (Å²) in [4.78, 5) is 12.6. The molecule has 310 valence electrons. The molecule has 1 amide bonds. The molecule has 8 heteroatoms. The number of carbonyl (C=O) groups is 1. The minimum atomic E-state index is -4.44. The first-order valence-corrected chi connectivity index (χ1v) is 24.1. The van der Waals surface area contributed by atoms with E-state index < -0.39 is 40.0 Å². The highest BCUT2D eigenvalue weighted by atomic mass is 32.2. The minimum absolute atomic E-state index is 0.286. The van der Waals surface area contributed by atoms with E-state index >= 15 is 0 Å². The number of nitrogens with one attached hydrogen (secondary N) is 1. The Morgan fingerprint density at radius 1 is 0.519 bits per heavy atom. The van der Waals surface area contributed by atoms with Gasteiger partial charge in [-0.2, -0.15) is 8.42 Å². The Kier molecular flexibility index (Phi) is 37.6. The van der Waals surface area contributed by atoms with Gasteiger partial charge in [0.1, 0.15) is 6.10 Å². The molecule has 0 aromatic carbocycles. The predicted octanol–water partition coefficient (Wildman–Crippen LogP) is 12.3. The highest BCUT2D eigenvalue weighted by Crippen LogP contribution is 2.16. The Labute approximate surface area is 323 Å². The van der Waals surface area contributed by atoms with Gasteiger partial charge >= 0.3 is 0 Å². The lowest BCUT2D eigenvalue weighted by Crippen LogP contribution is -2.50. The van der Waals surface area contributed by atoms with Crippen molar-refractivity contribution in [3.8, 4) is 0 Å². The van der Waals surface area contributed by atoms with E-state index in [9.17, 15) is 28.0 Å². The number of rotatable bonds is 41. The van der Waals surface area contributed by atoms with Crippen LogP contribution >= 0.6 is 0 Å². The summed E-state index contributed by atoms with van der Waals surface area (Å²) in [5, 5.41) is 23.4. The average molecular weight is 758 g/mol. The number of amides is 1. The zero-order valence-electron chi connectivity index (χ0n) is 34.3. The quantitative estimate of drug-likeness (QED) is 0.0280. The molecule has 7 nitrogen and oxygen atoms in total. The fourth-order valence-corrected chi connectivity index (χ4v) is 7.84. The van der Waals surface area contributed by atoms with E-state index in [1.165, 1.54) is 179 Å². The van der Waals surface area contributed by atoms with Gasteiger partial charge in [-0.1, -0.05) is 231 Å². The molecule has 0 saturated carbocycles. The number of unbranched alkanes of at least 4 members (excludes halogenated alkanes) is 32. The Bertz CT molecular complexity index is 895. The Morgan fingerprint density at radius 3 is 1.15 bits per heavy atom. The maximum atomic E-state index is 12.6. The zero-order chi connectivity index (χ0) is 38.4. The summed E-state index contributed by atoms with van der Waals surface area (Å²) < 4.78 is 32.6. The third kappa shape index (κ3) is 37.4. The molecule has 0 radical (unpaired) electrons. The van der Waals surface area contributed by atoms with Gasteiger partial charge in [-0.3, -0.25) is 9.35 Å². The first kappa shape index (κ1) is 51.0. The second-order valence-electron chi connectivity index (χ2n) is 15.8. The van der Waals surface area contributed by atoms with Gasteiger partial charge in [-0.15, -0.1) is 0 Å². The largest absolute Gasteiger partial charge is 0.387 e. The van der Waals surface area contributed by atoms with Gasteiger partial charge in [0.25, 0.3) is 10.1 Å². The van der Waals surface area contributed by atoms with Crippen LogP contribution in [-0.2, 0) is 14.9 Å². The van der Waals surface area contributed by atoms with Crippen LogP contribution in [0.5, 0.6) is 0 Å². The van der Waals surface area contributed by atoms with Crippen LogP contribution in [-0.4, -0.2) is 53.1 Å². The van der Waals surface area contributed by atoms with Crippen molar-refractivity contribution in [2.75, 3.05) is 5.75 Å². The number of aliphatic hydroxyl groups excluding tert-OH is 2. The van der Waals surface area contributed by atoms with E-state index in [0.717, 1.165) is 38.5 Å². The standard InChI is InChI=1S/C44H87NO6S/c1-3-5-7-9-11-13-15-17-19-20-21-22-23-24-25-27-29-31-33-35-37-39-43(47)44(48)45-41(40-52(49,50)51)42(46)38-36-34-32-30-28-26-18-16-14-12-10-8-6-4-2/h36,38,41-43,46-47H,3-35,37,39-40H2,1-2H3,(H,45,48)(H,49,50,51)/b38-36+. The van der Waals surface area contributed by atoms with E-state index in [1.807, 2.05) is 0 Å². The molecule has 0 fully saturated rings. The van der Waals surface area contributed by atoms with Gasteiger partial charge < -0.3 is 15.5 Å². The highest BCUT2D eigenvalue weighted by Gasteiger charge is 2.27. The van der Waals surface area contributed by atoms with E-state index in [2.05, 4.69) is 19.2 Å². The van der Waals surface area contributed by atoms with E-state index in [0.29, 0.717) is 6.42 Å². The van der Waals surface area contributed by atoms with Crippen molar-refractivity contribution >= 4 is 16.0 Å². The molecule has 0 saturated heterocycles. The molecule has 0 aromatic heterocycles. The van der Waals surface area contributed by atoms with Crippen molar-refractivity contribution in [3.63, 3.8) is 0 Å². The second kappa shape index (κ2) is 38.3. The molecule has 3 atom stereocenters. The van der Waals surface area contributed by atoms with Crippen molar-refractivity contribution < 1.29 is 28.0 Å². The van der Waals surface area contributed by atoms with Gasteiger partial charge in [0.05, 0.1) is 17.9 Å². The molecular weight excluding hydrogens is 671 g/mol. The number of hydrogen-bond donors (Lipinski definition) is 4. The highest BCUT2D eigenvalue weighted by molar-refractivity contribution is 7.85. The van der Waals surface area contributed by atoms with Gasteiger partial charge in [0.15, 0.2) is 0 Å². The van der Waals surface area contributed by atoms with Crippen LogP contribution in [0.2, 0.25) is 0 Å². The van der Waals surface area contributed by atoms with Gasteiger partial charge in [-0.25, -0.2) is 0 Å². The molecule has 0 spiro atoms. The number of hydrogen-bond acceptors (Lipinski definition) is 5. The van der Waals surface area contributed by atoms with Crippen LogP contribution in [0.4, 0.5) is 0 Å². The van der Waals surface area contributed by atoms with Crippen LogP contribution in [0.15, 0.2) is 12.2 Å². The molecule has 4 N–H and O–H groups in total. The molecule has 0 aliphatic carbocycles. The lowest BCUT2D eigenvalue weighted by molar-refractivity contribution is -0.130. The maximum Gasteiger partial charge on any atom is 0.267 e. The average Bonchev–Trinajstić information content (AvgIpc) is 3.11. The second-order valence-corrected chi connectivity index (χ2v) is 17.3. The third-order valence-electron chi connectivity index (χ3n) is 10.6. The fourth-order valence-electron chi connectivity index (χ4n) is 7.11. The minimum Gasteiger partial charge on any atom is -0.387 e. The van der Waals surface area contributed by atoms with Crippen molar-refractivity contribution in [2.45, 2.75) is 257 Å². The molecule has 0 aromatic rings. The normalized spacial score (nSPS) is 13.9. The van der Waals surface area contributed by atoms with Crippen LogP contribution in [0, 0.1) is 0 Å². The maximum absolute atomic E-state index is 12.6. The molecule has 0 aliphatic rings.